The molecule has 0 amide bonds. The summed E-state index contributed by atoms with van der Waals surface area (Å²) in [6, 6.07) is 5.27. The molecule has 33 heavy (non-hydrogen) atoms. The van der Waals surface area contributed by atoms with E-state index in [1.165, 1.54) is 10.00 Å². The van der Waals surface area contributed by atoms with Gasteiger partial charge in [-0.2, -0.15) is 4.31 Å². The first-order chi connectivity index (χ1) is 15.7. The fraction of sp³-hybridized carbons (Fsp3) is 0.565. The number of aromatic nitrogens is 4. The van der Waals surface area contributed by atoms with Gasteiger partial charge in [0.2, 0.25) is 10.0 Å². The second kappa shape index (κ2) is 9.77. The molecule has 0 unspecified atom stereocenters. The summed E-state index contributed by atoms with van der Waals surface area (Å²) in [4.78, 5) is 9.90. The van der Waals surface area contributed by atoms with Gasteiger partial charge in [0.15, 0.2) is 5.16 Å². The normalized spacial score (nSPS) is 15.7. The number of hydrogen-bond donors (Lipinski definition) is 0. The fourth-order valence-corrected chi connectivity index (χ4v) is 6.64. The number of fused-ring (bicyclic) bond motifs is 1. The number of benzene rings is 1. The second-order valence-corrected chi connectivity index (χ2v) is 11.7. The summed E-state index contributed by atoms with van der Waals surface area (Å²) in [5.74, 6) is 2.12. The number of ether oxygens (including phenoxy) is 1. The first kappa shape index (κ1) is 24.3. The minimum Gasteiger partial charge on any atom is -0.379 e. The van der Waals surface area contributed by atoms with E-state index in [9.17, 15) is 8.42 Å². The van der Waals surface area contributed by atoms with Gasteiger partial charge in [-0.15, -0.1) is 0 Å². The van der Waals surface area contributed by atoms with Crippen molar-refractivity contribution in [2.45, 2.75) is 63.5 Å². The van der Waals surface area contributed by atoms with Gasteiger partial charge in [0.1, 0.15) is 5.82 Å². The summed E-state index contributed by atoms with van der Waals surface area (Å²) in [5.41, 5.74) is 3.92. The SMILES string of the molecule is CCn1c(CSc2nc(C)c(C)n2CC(C)C)nc2cc(S(=O)(=O)N3CCOCC3)ccc21. The Hall–Kier alpha value is -1.88. The van der Waals surface area contributed by atoms with E-state index in [1.54, 1.807) is 23.9 Å². The highest BCUT2D eigenvalue weighted by Gasteiger charge is 2.27. The van der Waals surface area contributed by atoms with E-state index in [1.807, 2.05) is 13.0 Å². The molecule has 2 aromatic heterocycles. The third-order valence-corrected chi connectivity index (χ3v) is 8.89. The number of aryl methyl sites for hydroxylation is 2. The van der Waals surface area contributed by atoms with Crippen molar-refractivity contribution in [1.82, 2.24) is 23.4 Å². The van der Waals surface area contributed by atoms with Crippen molar-refractivity contribution >= 4 is 32.8 Å². The van der Waals surface area contributed by atoms with Gasteiger partial charge in [-0.1, -0.05) is 25.6 Å². The van der Waals surface area contributed by atoms with E-state index in [2.05, 4.69) is 36.8 Å². The summed E-state index contributed by atoms with van der Waals surface area (Å²) in [5, 5.41) is 1.00. The van der Waals surface area contributed by atoms with E-state index in [0.717, 1.165) is 35.3 Å². The van der Waals surface area contributed by atoms with Gasteiger partial charge in [0, 0.05) is 31.9 Å². The molecule has 0 spiro atoms. The zero-order valence-corrected chi connectivity index (χ0v) is 21.7. The molecule has 0 bridgehead atoms. The van der Waals surface area contributed by atoms with Gasteiger partial charge in [0.05, 0.1) is 40.6 Å². The Labute approximate surface area is 200 Å². The lowest BCUT2D eigenvalue weighted by atomic mass is 10.2. The molecule has 1 fully saturated rings. The van der Waals surface area contributed by atoms with Crippen LogP contribution < -0.4 is 0 Å². The van der Waals surface area contributed by atoms with Crippen LogP contribution in [0.1, 0.15) is 38.0 Å². The predicted octanol–water partition coefficient (Wildman–Crippen LogP) is 3.84. The third kappa shape index (κ3) is 4.84. The summed E-state index contributed by atoms with van der Waals surface area (Å²) >= 11 is 1.68. The number of hydrogen-bond acceptors (Lipinski definition) is 6. The fourth-order valence-electron chi connectivity index (χ4n) is 4.16. The highest BCUT2D eigenvalue weighted by atomic mass is 32.2. The average Bonchev–Trinajstić information content (AvgIpc) is 3.28. The molecule has 1 aliphatic rings. The molecule has 4 rings (SSSR count). The Bertz CT molecular complexity index is 1240. The van der Waals surface area contributed by atoms with Crippen LogP contribution in [-0.2, 0) is 33.6 Å². The highest BCUT2D eigenvalue weighted by molar-refractivity contribution is 7.98. The highest BCUT2D eigenvalue weighted by Crippen LogP contribution is 2.29. The number of rotatable bonds is 8. The minimum atomic E-state index is -3.55. The van der Waals surface area contributed by atoms with Crippen LogP contribution in [0.2, 0.25) is 0 Å². The lowest BCUT2D eigenvalue weighted by molar-refractivity contribution is 0.0730. The molecule has 3 heterocycles. The first-order valence-electron chi connectivity index (χ1n) is 11.5. The summed E-state index contributed by atoms with van der Waals surface area (Å²) in [6.07, 6.45) is 0. The van der Waals surface area contributed by atoms with Crippen LogP contribution in [0.4, 0.5) is 0 Å². The molecule has 1 aliphatic heterocycles. The molecule has 1 aromatic carbocycles. The Balaban J connectivity index is 1.62. The molecule has 0 saturated carbocycles. The van der Waals surface area contributed by atoms with Crippen molar-refractivity contribution in [2.24, 2.45) is 5.92 Å². The van der Waals surface area contributed by atoms with E-state index in [0.29, 0.717) is 43.5 Å². The number of sulfonamides is 1. The molecule has 10 heteroatoms. The molecule has 0 radical (unpaired) electrons. The van der Waals surface area contributed by atoms with Crippen molar-refractivity contribution in [3.8, 4) is 0 Å². The van der Waals surface area contributed by atoms with Crippen molar-refractivity contribution in [1.29, 1.82) is 0 Å². The Kier molecular flexibility index (Phi) is 7.18. The van der Waals surface area contributed by atoms with Crippen LogP contribution in [0.3, 0.4) is 0 Å². The molecule has 0 aliphatic carbocycles. The minimum absolute atomic E-state index is 0.288. The van der Waals surface area contributed by atoms with E-state index in [4.69, 9.17) is 14.7 Å². The van der Waals surface area contributed by atoms with E-state index >= 15 is 0 Å². The van der Waals surface area contributed by atoms with Crippen LogP contribution in [0, 0.1) is 19.8 Å². The summed E-state index contributed by atoms with van der Waals surface area (Å²) < 4.78 is 37.4. The number of imidazole rings is 2. The third-order valence-electron chi connectivity index (χ3n) is 6.02. The van der Waals surface area contributed by atoms with Gasteiger partial charge < -0.3 is 13.9 Å². The lowest BCUT2D eigenvalue weighted by Crippen LogP contribution is -2.40. The van der Waals surface area contributed by atoms with Gasteiger partial charge >= 0.3 is 0 Å². The largest absolute Gasteiger partial charge is 0.379 e. The van der Waals surface area contributed by atoms with Crippen LogP contribution in [0.15, 0.2) is 28.3 Å². The number of nitrogens with zero attached hydrogens (tertiary/aromatic N) is 5. The van der Waals surface area contributed by atoms with Crippen LogP contribution in [0.25, 0.3) is 11.0 Å². The first-order valence-corrected chi connectivity index (χ1v) is 13.9. The van der Waals surface area contributed by atoms with E-state index < -0.39 is 10.0 Å². The molecule has 180 valence electrons. The standard InChI is InChI=1S/C23H33N5O3S2/c1-6-27-21-8-7-19(33(29,30)26-9-11-31-12-10-26)13-20(21)25-22(27)15-32-23-24-17(4)18(5)28(23)14-16(2)3/h7-8,13,16H,6,9-12,14-15H2,1-5H3. The van der Waals surface area contributed by atoms with Gasteiger partial charge in [-0.05, 0) is 44.9 Å². The average molecular weight is 492 g/mol. The molecule has 3 aromatic rings. The Morgan fingerprint density at radius 2 is 1.85 bits per heavy atom. The Morgan fingerprint density at radius 1 is 1.12 bits per heavy atom. The lowest BCUT2D eigenvalue weighted by Gasteiger charge is -2.26. The predicted molar refractivity (Wildman–Crippen MR) is 131 cm³/mol. The van der Waals surface area contributed by atoms with Crippen LogP contribution in [-0.4, -0.2) is 58.1 Å². The molecule has 0 atom stereocenters. The molecule has 0 N–H and O–H groups in total. The maximum absolute atomic E-state index is 13.1. The zero-order valence-electron chi connectivity index (χ0n) is 20.0. The maximum atomic E-state index is 13.1. The molecular formula is C23H33N5O3S2. The Morgan fingerprint density at radius 3 is 2.52 bits per heavy atom. The molecule has 8 nitrogen and oxygen atoms in total. The number of morpholine rings is 1. The maximum Gasteiger partial charge on any atom is 0.243 e. The van der Waals surface area contributed by atoms with Crippen molar-refractivity contribution in [3.05, 3.63) is 35.4 Å². The van der Waals surface area contributed by atoms with Gasteiger partial charge in [-0.25, -0.2) is 18.4 Å². The van der Waals surface area contributed by atoms with Gasteiger partial charge in [-0.3, -0.25) is 0 Å². The smallest absolute Gasteiger partial charge is 0.243 e. The second-order valence-electron chi connectivity index (χ2n) is 8.80. The van der Waals surface area contributed by atoms with Crippen molar-refractivity contribution < 1.29 is 13.2 Å². The van der Waals surface area contributed by atoms with Gasteiger partial charge in [0.25, 0.3) is 0 Å². The van der Waals surface area contributed by atoms with Crippen molar-refractivity contribution in [3.63, 3.8) is 0 Å². The van der Waals surface area contributed by atoms with Crippen molar-refractivity contribution in [2.75, 3.05) is 26.3 Å². The quantitative estimate of drug-likeness (QED) is 0.445. The summed E-state index contributed by atoms with van der Waals surface area (Å²) in [6.45, 7) is 14.0. The number of thioether (sulfide) groups is 1. The molecular weight excluding hydrogens is 458 g/mol. The monoisotopic (exact) mass is 491 g/mol. The zero-order chi connectivity index (χ0) is 23.8. The summed E-state index contributed by atoms with van der Waals surface area (Å²) in [7, 11) is -3.55. The van der Waals surface area contributed by atoms with Crippen LogP contribution in [0.5, 0.6) is 0 Å². The topological polar surface area (TPSA) is 82.2 Å². The molecule has 1 saturated heterocycles. The van der Waals surface area contributed by atoms with Crippen LogP contribution >= 0.6 is 11.8 Å². The van der Waals surface area contributed by atoms with E-state index in [-0.39, 0.29) is 4.90 Å².